The zero-order chi connectivity index (χ0) is 15.6. The summed E-state index contributed by atoms with van der Waals surface area (Å²) in [5, 5.41) is 3.51. The molecule has 2 N–H and O–H groups in total. The number of halogens is 1. The molecule has 0 amide bonds. The first-order valence-corrected chi connectivity index (χ1v) is 6.62. The molecule has 0 saturated carbocycles. The molecule has 1 fully saturated rings. The predicted molar refractivity (Wildman–Crippen MR) is 74.1 cm³/mol. The Hall–Kier alpha value is -2.12. The highest BCUT2D eigenvalue weighted by Crippen LogP contribution is 2.45. The van der Waals surface area contributed by atoms with Gasteiger partial charge in [-0.05, 0) is 18.0 Å². The monoisotopic (exact) mass is 296 g/mol. The first-order valence-electron chi connectivity index (χ1n) is 6.62. The van der Waals surface area contributed by atoms with Gasteiger partial charge >= 0.3 is 5.69 Å². The number of hydrogen-bond donors (Lipinski definition) is 1. The first-order chi connectivity index (χ1) is 9.95. The fourth-order valence-corrected chi connectivity index (χ4v) is 2.63. The van der Waals surface area contributed by atoms with E-state index in [1.165, 1.54) is 12.3 Å². The van der Waals surface area contributed by atoms with Gasteiger partial charge in [0.05, 0.1) is 12.1 Å². The molecule has 1 saturated heterocycles. The maximum absolute atomic E-state index is 14.6. The fraction of sp³-hybridized carbons (Fsp3) is 0.667. The van der Waals surface area contributed by atoms with Crippen LogP contribution in [-0.4, -0.2) is 27.9 Å². The maximum atomic E-state index is 14.6. The van der Waals surface area contributed by atoms with Gasteiger partial charge in [0.2, 0.25) is 0 Å². The standard InChI is InChI=1S/C12H17FN6O2/c1-3-12(6-16-18-15)7(2)9(13)10(21-12)19-5-4-8(14)17-11(19)20/h4-5,7,9-10H,3,6H2,1-2H3,(H2,14,17,20)/t7-,9+,10+,12-/m0/s1. The van der Waals surface area contributed by atoms with Crippen molar-refractivity contribution < 1.29 is 9.13 Å². The summed E-state index contributed by atoms with van der Waals surface area (Å²) in [6.45, 7) is 3.51. The van der Waals surface area contributed by atoms with E-state index in [1.807, 2.05) is 6.92 Å². The van der Waals surface area contributed by atoms with Gasteiger partial charge in [-0.25, -0.2) is 9.18 Å². The van der Waals surface area contributed by atoms with Gasteiger partial charge < -0.3 is 10.5 Å². The molecule has 0 aliphatic carbocycles. The normalized spacial score (nSPS) is 31.9. The van der Waals surface area contributed by atoms with E-state index in [1.54, 1.807) is 6.92 Å². The predicted octanol–water partition coefficient (Wildman–Crippen LogP) is 1.79. The summed E-state index contributed by atoms with van der Waals surface area (Å²) < 4.78 is 21.4. The van der Waals surface area contributed by atoms with Crippen molar-refractivity contribution in [2.45, 2.75) is 38.3 Å². The zero-order valence-electron chi connectivity index (χ0n) is 11.8. The smallest absolute Gasteiger partial charge is 0.351 e. The van der Waals surface area contributed by atoms with Crippen molar-refractivity contribution >= 4 is 5.82 Å². The van der Waals surface area contributed by atoms with Crippen LogP contribution in [0.15, 0.2) is 22.2 Å². The summed E-state index contributed by atoms with van der Waals surface area (Å²) in [6, 6.07) is 1.40. The van der Waals surface area contributed by atoms with Crippen LogP contribution in [-0.2, 0) is 4.74 Å². The summed E-state index contributed by atoms with van der Waals surface area (Å²) in [7, 11) is 0. The van der Waals surface area contributed by atoms with E-state index in [2.05, 4.69) is 15.0 Å². The van der Waals surface area contributed by atoms with E-state index < -0.39 is 29.6 Å². The molecule has 1 aliphatic rings. The largest absolute Gasteiger partial charge is 0.383 e. The second kappa shape index (κ2) is 5.71. The lowest BCUT2D eigenvalue weighted by atomic mass is 9.85. The molecule has 1 aromatic heterocycles. The highest BCUT2D eigenvalue weighted by Gasteiger charge is 2.52. The number of hydrogen-bond acceptors (Lipinski definition) is 5. The molecule has 21 heavy (non-hydrogen) atoms. The third-order valence-electron chi connectivity index (χ3n) is 4.06. The van der Waals surface area contributed by atoms with Crippen LogP contribution < -0.4 is 11.4 Å². The Morgan fingerprint density at radius 1 is 1.71 bits per heavy atom. The van der Waals surface area contributed by atoms with E-state index in [9.17, 15) is 9.18 Å². The number of azide groups is 1. The quantitative estimate of drug-likeness (QED) is 0.517. The molecule has 4 atom stereocenters. The van der Waals surface area contributed by atoms with Crippen LogP contribution in [0.2, 0.25) is 0 Å². The molecule has 2 heterocycles. The number of nitrogens with two attached hydrogens (primary N) is 1. The van der Waals surface area contributed by atoms with E-state index in [-0.39, 0.29) is 12.4 Å². The van der Waals surface area contributed by atoms with Crippen molar-refractivity contribution in [1.82, 2.24) is 9.55 Å². The Kier molecular flexibility index (Phi) is 4.15. The van der Waals surface area contributed by atoms with Gasteiger partial charge in [-0.2, -0.15) is 4.98 Å². The number of nitrogen functional groups attached to an aromatic ring is 1. The van der Waals surface area contributed by atoms with Crippen molar-refractivity contribution in [3.63, 3.8) is 0 Å². The van der Waals surface area contributed by atoms with Gasteiger partial charge in [-0.15, -0.1) is 0 Å². The van der Waals surface area contributed by atoms with Gasteiger partial charge in [-0.1, -0.05) is 19.0 Å². The van der Waals surface area contributed by atoms with Crippen molar-refractivity contribution in [1.29, 1.82) is 0 Å². The van der Waals surface area contributed by atoms with Crippen LogP contribution >= 0.6 is 0 Å². The minimum atomic E-state index is -1.41. The molecule has 1 aromatic rings. The number of anilines is 1. The Bertz CT molecular complexity index is 628. The summed E-state index contributed by atoms with van der Waals surface area (Å²) in [4.78, 5) is 18.1. The molecular weight excluding hydrogens is 279 g/mol. The lowest BCUT2D eigenvalue weighted by Crippen LogP contribution is -2.38. The molecule has 0 spiro atoms. The van der Waals surface area contributed by atoms with E-state index in [0.29, 0.717) is 6.42 Å². The topological polar surface area (TPSA) is 119 Å². The average molecular weight is 296 g/mol. The highest BCUT2D eigenvalue weighted by molar-refractivity contribution is 5.23. The summed E-state index contributed by atoms with van der Waals surface area (Å²) in [5.74, 6) is -0.462. The molecule has 8 nitrogen and oxygen atoms in total. The average Bonchev–Trinajstić information content (AvgIpc) is 2.71. The van der Waals surface area contributed by atoms with Crippen LogP contribution in [0.1, 0.15) is 26.5 Å². The number of ether oxygens (including phenoxy) is 1. The van der Waals surface area contributed by atoms with Crippen molar-refractivity contribution in [3.8, 4) is 0 Å². The third-order valence-corrected chi connectivity index (χ3v) is 4.06. The van der Waals surface area contributed by atoms with Crippen molar-refractivity contribution in [3.05, 3.63) is 33.2 Å². The second-order valence-corrected chi connectivity index (χ2v) is 5.09. The highest BCUT2D eigenvalue weighted by atomic mass is 19.1. The van der Waals surface area contributed by atoms with Gasteiger partial charge in [0, 0.05) is 17.0 Å². The van der Waals surface area contributed by atoms with Crippen LogP contribution in [0.4, 0.5) is 10.2 Å². The Morgan fingerprint density at radius 2 is 2.43 bits per heavy atom. The Labute approximate surface area is 120 Å². The Balaban J connectivity index is 2.39. The number of alkyl halides is 1. The van der Waals surface area contributed by atoms with Crippen molar-refractivity contribution in [2.24, 2.45) is 11.0 Å². The fourth-order valence-electron chi connectivity index (χ4n) is 2.63. The van der Waals surface area contributed by atoms with Crippen LogP contribution in [0.25, 0.3) is 10.4 Å². The van der Waals surface area contributed by atoms with Gasteiger partial charge in [0.1, 0.15) is 5.82 Å². The third kappa shape index (κ3) is 2.57. The van der Waals surface area contributed by atoms with Gasteiger partial charge in [0.25, 0.3) is 0 Å². The lowest BCUT2D eigenvalue weighted by Gasteiger charge is -2.29. The van der Waals surface area contributed by atoms with Crippen LogP contribution in [0, 0.1) is 5.92 Å². The number of nitrogens with zero attached hydrogens (tertiary/aromatic N) is 5. The second-order valence-electron chi connectivity index (χ2n) is 5.09. The molecule has 0 bridgehead atoms. The van der Waals surface area contributed by atoms with E-state index in [4.69, 9.17) is 16.0 Å². The molecule has 0 radical (unpaired) electrons. The Morgan fingerprint density at radius 3 is 3.00 bits per heavy atom. The van der Waals surface area contributed by atoms with Gasteiger partial charge in [-0.3, -0.25) is 4.57 Å². The first kappa shape index (κ1) is 15.3. The zero-order valence-corrected chi connectivity index (χ0v) is 11.8. The van der Waals surface area contributed by atoms with Crippen molar-refractivity contribution in [2.75, 3.05) is 12.3 Å². The molecule has 0 unspecified atom stereocenters. The summed E-state index contributed by atoms with van der Waals surface area (Å²) in [6.07, 6.45) is -0.703. The molecule has 2 rings (SSSR count). The van der Waals surface area contributed by atoms with E-state index in [0.717, 1.165) is 4.57 Å². The summed E-state index contributed by atoms with van der Waals surface area (Å²) in [5.41, 5.74) is 12.3. The van der Waals surface area contributed by atoms with E-state index >= 15 is 0 Å². The van der Waals surface area contributed by atoms with Gasteiger partial charge in [0.15, 0.2) is 12.4 Å². The SMILES string of the molecule is CC[C@@]1(CN=[N+]=[N-])O[C@@H](n2ccc(N)nc2=O)[C@H](F)[C@@H]1C. The molecule has 1 aliphatic heterocycles. The minimum absolute atomic E-state index is 0.00916. The lowest BCUT2D eigenvalue weighted by molar-refractivity contribution is -0.0860. The molecule has 114 valence electrons. The molecular formula is C12H17FN6O2. The number of aromatic nitrogens is 2. The molecule has 0 aromatic carbocycles. The summed E-state index contributed by atoms with van der Waals surface area (Å²) >= 11 is 0. The maximum Gasteiger partial charge on any atom is 0.351 e. The van der Waals surface area contributed by atoms with Crippen LogP contribution in [0.3, 0.4) is 0 Å². The number of rotatable bonds is 4. The minimum Gasteiger partial charge on any atom is -0.383 e. The molecule has 9 heteroatoms. The van der Waals surface area contributed by atoms with Crippen LogP contribution in [0.5, 0.6) is 0 Å².